The number of carbonyl (C=O) groups is 1. The van der Waals surface area contributed by atoms with Gasteiger partial charge in [-0.05, 0) is 24.1 Å². The number of aliphatic carboxylic acids is 1. The van der Waals surface area contributed by atoms with Gasteiger partial charge in [-0.1, -0.05) is 24.3 Å². The Bertz CT molecular complexity index is 377. The Labute approximate surface area is 87.0 Å². The normalized spacial score (nSPS) is 12.9. The van der Waals surface area contributed by atoms with Gasteiger partial charge in [-0.15, -0.1) is 0 Å². The number of halogens is 1. The first-order valence-corrected chi connectivity index (χ1v) is 4.50. The van der Waals surface area contributed by atoms with E-state index in [2.05, 4.69) is 0 Å². The summed E-state index contributed by atoms with van der Waals surface area (Å²) in [5, 5.41) is 8.50. The maximum Gasteiger partial charge on any atom is 0.320 e. The number of hydrogen-bond acceptors (Lipinski definition) is 2. The molecule has 0 aromatic heterocycles. The molecule has 1 rings (SSSR count). The standard InChI is InChI=1S/C11H12FNO2/c12-9-5-1-3-8(7-9)4-2-6-10(13)11(14)15/h1-5,7,10H,6,13H2,(H,14,15)/b4-2+/t10-/m0/s1. The van der Waals surface area contributed by atoms with Crippen molar-refractivity contribution < 1.29 is 14.3 Å². The molecule has 0 saturated heterocycles. The van der Waals surface area contributed by atoms with E-state index in [4.69, 9.17) is 10.8 Å². The molecule has 3 nitrogen and oxygen atoms in total. The highest BCUT2D eigenvalue weighted by atomic mass is 19.1. The lowest BCUT2D eigenvalue weighted by Crippen LogP contribution is -2.29. The number of hydrogen-bond donors (Lipinski definition) is 2. The molecule has 0 bridgehead atoms. The van der Waals surface area contributed by atoms with Crippen molar-refractivity contribution in [2.45, 2.75) is 12.5 Å². The zero-order valence-corrected chi connectivity index (χ0v) is 8.06. The highest BCUT2D eigenvalue weighted by Gasteiger charge is 2.07. The van der Waals surface area contributed by atoms with E-state index in [1.807, 2.05) is 0 Å². The lowest BCUT2D eigenvalue weighted by atomic mass is 10.1. The number of nitrogens with two attached hydrogens (primary N) is 1. The monoisotopic (exact) mass is 209 g/mol. The van der Waals surface area contributed by atoms with E-state index in [-0.39, 0.29) is 12.2 Å². The molecule has 1 aromatic rings. The molecule has 1 aromatic carbocycles. The summed E-state index contributed by atoms with van der Waals surface area (Å²) in [4.78, 5) is 10.4. The van der Waals surface area contributed by atoms with Crippen molar-refractivity contribution in [3.05, 3.63) is 41.7 Å². The Hall–Kier alpha value is -1.68. The molecule has 0 fully saturated rings. The van der Waals surface area contributed by atoms with E-state index in [0.29, 0.717) is 5.56 Å². The van der Waals surface area contributed by atoms with Crippen molar-refractivity contribution >= 4 is 12.0 Å². The molecule has 0 aliphatic carbocycles. The van der Waals surface area contributed by atoms with Gasteiger partial charge in [-0.25, -0.2) is 4.39 Å². The van der Waals surface area contributed by atoms with Gasteiger partial charge >= 0.3 is 5.97 Å². The van der Waals surface area contributed by atoms with E-state index >= 15 is 0 Å². The smallest absolute Gasteiger partial charge is 0.320 e. The fourth-order valence-corrected chi connectivity index (χ4v) is 1.06. The predicted octanol–water partition coefficient (Wildman–Crippen LogP) is 1.64. The maximum absolute atomic E-state index is 12.7. The summed E-state index contributed by atoms with van der Waals surface area (Å²) in [6.45, 7) is 0. The Morgan fingerprint density at radius 2 is 2.33 bits per heavy atom. The zero-order valence-electron chi connectivity index (χ0n) is 8.06. The quantitative estimate of drug-likeness (QED) is 0.792. The summed E-state index contributed by atoms with van der Waals surface area (Å²) in [5.74, 6) is -1.36. The summed E-state index contributed by atoms with van der Waals surface area (Å²) >= 11 is 0. The number of carboxylic acids is 1. The fraction of sp³-hybridized carbons (Fsp3) is 0.182. The molecule has 0 aliphatic heterocycles. The third-order valence-corrected chi connectivity index (χ3v) is 1.87. The minimum absolute atomic E-state index is 0.228. The highest BCUT2D eigenvalue weighted by Crippen LogP contribution is 2.06. The van der Waals surface area contributed by atoms with Gasteiger partial charge in [-0.2, -0.15) is 0 Å². The number of carboxylic acid groups (broad SMARTS) is 1. The van der Waals surface area contributed by atoms with E-state index in [1.165, 1.54) is 12.1 Å². The number of rotatable bonds is 4. The van der Waals surface area contributed by atoms with Crippen LogP contribution in [0.25, 0.3) is 6.08 Å². The van der Waals surface area contributed by atoms with Crippen LogP contribution in [0.5, 0.6) is 0 Å². The minimum Gasteiger partial charge on any atom is -0.480 e. The SMILES string of the molecule is N[C@@H](C/C=C/c1cccc(F)c1)C(=O)O. The molecule has 15 heavy (non-hydrogen) atoms. The highest BCUT2D eigenvalue weighted by molar-refractivity contribution is 5.73. The second kappa shape index (κ2) is 5.26. The molecule has 0 aliphatic rings. The lowest BCUT2D eigenvalue weighted by molar-refractivity contribution is -0.138. The van der Waals surface area contributed by atoms with E-state index in [1.54, 1.807) is 24.3 Å². The molecule has 3 N–H and O–H groups in total. The van der Waals surface area contributed by atoms with Gasteiger partial charge in [0.1, 0.15) is 11.9 Å². The minimum atomic E-state index is -1.04. The summed E-state index contributed by atoms with van der Waals surface area (Å²) < 4.78 is 12.7. The van der Waals surface area contributed by atoms with Crippen molar-refractivity contribution in [3.63, 3.8) is 0 Å². The van der Waals surface area contributed by atoms with Crippen molar-refractivity contribution in [1.29, 1.82) is 0 Å². The Balaban J connectivity index is 2.55. The van der Waals surface area contributed by atoms with Crippen LogP contribution in [0.2, 0.25) is 0 Å². The molecule has 0 spiro atoms. The average Bonchev–Trinajstić information content (AvgIpc) is 2.17. The molecule has 0 amide bonds. The van der Waals surface area contributed by atoms with Crippen LogP contribution in [0.1, 0.15) is 12.0 Å². The second-order valence-corrected chi connectivity index (χ2v) is 3.14. The third kappa shape index (κ3) is 3.91. The van der Waals surface area contributed by atoms with Crippen LogP contribution in [0.15, 0.2) is 30.3 Å². The van der Waals surface area contributed by atoms with E-state index in [0.717, 1.165) is 0 Å². The molecule has 0 unspecified atom stereocenters. The lowest BCUT2D eigenvalue weighted by Gasteiger charge is -2.00. The van der Waals surface area contributed by atoms with Crippen LogP contribution < -0.4 is 5.73 Å². The van der Waals surface area contributed by atoms with Crippen LogP contribution in [0, 0.1) is 5.82 Å². The van der Waals surface area contributed by atoms with Crippen molar-refractivity contribution in [2.24, 2.45) is 5.73 Å². The van der Waals surface area contributed by atoms with Crippen molar-refractivity contribution in [2.75, 3.05) is 0 Å². The Morgan fingerprint density at radius 1 is 1.60 bits per heavy atom. The molecule has 0 saturated carbocycles. The average molecular weight is 209 g/mol. The Kier molecular flexibility index (Phi) is 4.00. The first-order chi connectivity index (χ1) is 7.09. The largest absolute Gasteiger partial charge is 0.480 e. The third-order valence-electron chi connectivity index (χ3n) is 1.87. The van der Waals surface area contributed by atoms with E-state index < -0.39 is 12.0 Å². The fourth-order valence-electron chi connectivity index (χ4n) is 1.06. The van der Waals surface area contributed by atoms with Gasteiger partial charge in [0.05, 0.1) is 0 Å². The van der Waals surface area contributed by atoms with Crippen molar-refractivity contribution in [3.8, 4) is 0 Å². The van der Waals surface area contributed by atoms with Gasteiger partial charge in [0.25, 0.3) is 0 Å². The summed E-state index contributed by atoms with van der Waals surface area (Å²) in [5.41, 5.74) is 5.97. The van der Waals surface area contributed by atoms with Crippen LogP contribution in [-0.4, -0.2) is 17.1 Å². The van der Waals surface area contributed by atoms with Gasteiger partial charge in [-0.3, -0.25) is 4.79 Å². The van der Waals surface area contributed by atoms with E-state index in [9.17, 15) is 9.18 Å². The molecular weight excluding hydrogens is 197 g/mol. The van der Waals surface area contributed by atoms with Crippen LogP contribution in [0.3, 0.4) is 0 Å². The molecule has 1 atom stereocenters. The molecule has 4 heteroatoms. The first kappa shape index (κ1) is 11.4. The van der Waals surface area contributed by atoms with Crippen LogP contribution >= 0.6 is 0 Å². The van der Waals surface area contributed by atoms with Gasteiger partial charge in [0.15, 0.2) is 0 Å². The van der Waals surface area contributed by atoms with Gasteiger partial charge in [0, 0.05) is 0 Å². The Morgan fingerprint density at radius 3 is 2.93 bits per heavy atom. The topological polar surface area (TPSA) is 63.3 Å². The van der Waals surface area contributed by atoms with Gasteiger partial charge in [0.2, 0.25) is 0 Å². The van der Waals surface area contributed by atoms with Crippen LogP contribution in [0.4, 0.5) is 4.39 Å². The predicted molar refractivity (Wildman–Crippen MR) is 55.7 cm³/mol. The summed E-state index contributed by atoms with van der Waals surface area (Å²) in [6, 6.07) is 5.12. The maximum atomic E-state index is 12.7. The van der Waals surface area contributed by atoms with Crippen LogP contribution in [-0.2, 0) is 4.79 Å². The van der Waals surface area contributed by atoms with Crippen molar-refractivity contribution in [1.82, 2.24) is 0 Å². The first-order valence-electron chi connectivity index (χ1n) is 4.50. The molecule has 80 valence electrons. The summed E-state index contributed by atoms with van der Waals surface area (Å²) in [6.07, 6.45) is 3.49. The second-order valence-electron chi connectivity index (χ2n) is 3.14. The van der Waals surface area contributed by atoms with Gasteiger partial charge < -0.3 is 10.8 Å². The number of benzene rings is 1. The zero-order chi connectivity index (χ0) is 11.3. The molecule has 0 radical (unpaired) electrons. The molecule has 0 heterocycles. The summed E-state index contributed by atoms with van der Waals surface area (Å²) in [7, 11) is 0. The molecular formula is C11H12FNO2.